The van der Waals surface area contributed by atoms with E-state index in [0.717, 1.165) is 12.8 Å². The molecule has 0 bridgehead atoms. The van der Waals surface area contributed by atoms with Gasteiger partial charge in [0.25, 0.3) is 0 Å². The van der Waals surface area contributed by atoms with Gasteiger partial charge in [0.15, 0.2) is 0 Å². The molecule has 0 N–H and O–H groups in total. The third kappa shape index (κ3) is 5.54. The monoisotopic (exact) mass is 303 g/mol. The summed E-state index contributed by atoms with van der Waals surface area (Å²) in [5.74, 6) is 0.136. The van der Waals surface area contributed by atoms with E-state index in [2.05, 4.69) is 0 Å². The molecule has 0 saturated carbocycles. The Morgan fingerprint density at radius 2 is 1.43 bits per heavy atom. The third-order valence-electron chi connectivity index (χ3n) is 3.52. The average molecular weight is 303 g/mol. The Kier molecular flexibility index (Phi) is 7.59. The van der Waals surface area contributed by atoms with E-state index in [1.54, 1.807) is 14.2 Å². The molecule has 0 aromatic heterocycles. The van der Waals surface area contributed by atoms with Crippen molar-refractivity contribution in [2.45, 2.75) is 45.7 Å². The minimum absolute atomic E-state index is 0.0861. The van der Waals surface area contributed by atoms with Crippen LogP contribution in [0.1, 0.15) is 33.6 Å². The summed E-state index contributed by atoms with van der Waals surface area (Å²) in [7, 11) is 3.18. The summed E-state index contributed by atoms with van der Waals surface area (Å²) in [5, 5.41) is 0. The van der Waals surface area contributed by atoms with Crippen molar-refractivity contribution in [3.8, 4) is 0 Å². The SMILES string of the molecule is COCOCC1CC[C@@H](COCOC)N1C(=O)C(C)(C)C. The van der Waals surface area contributed by atoms with Gasteiger partial charge < -0.3 is 23.8 Å². The number of carbonyl (C=O) groups is 1. The summed E-state index contributed by atoms with van der Waals surface area (Å²) < 4.78 is 20.7. The third-order valence-corrected chi connectivity index (χ3v) is 3.52. The second-order valence-electron chi connectivity index (χ2n) is 6.40. The van der Waals surface area contributed by atoms with Crippen molar-refractivity contribution in [3.05, 3.63) is 0 Å². The van der Waals surface area contributed by atoms with Gasteiger partial charge in [-0.3, -0.25) is 4.79 Å². The zero-order valence-corrected chi connectivity index (χ0v) is 13.9. The van der Waals surface area contributed by atoms with Gasteiger partial charge in [0, 0.05) is 19.6 Å². The molecule has 0 spiro atoms. The molecule has 1 aliphatic heterocycles. The van der Waals surface area contributed by atoms with Crippen LogP contribution in [-0.4, -0.2) is 63.9 Å². The summed E-state index contributed by atoms with van der Waals surface area (Å²) in [6.07, 6.45) is 1.85. The topological polar surface area (TPSA) is 57.2 Å². The van der Waals surface area contributed by atoms with E-state index in [-0.39, 0.29) is 31.6 Å². The first-order valence-corrected chi connectivity index (χ1v) is 7.38. The molecule has 1 aliphatic rings. The van der Waals surface area contributed by atoms with Crippen LogP contribution in [0.15, 0.2) is 0 Å². The summed E-state index contributed by atoms with van der Waals surface area (Å²) in [6.45, 7) is 7.31. The molecule has 2 atom stereocenters. The van der Waals surface area contributed by atoms with Gasteiger partial charge in [-0.15, -0.1) is 0 Å². The zero-order valence-electron chi connectivity index (χ0n) is 13.9. The molecule has 6 nitrogen and oxygen atoms in total. The second-order valence-corrected chi connectivity index (χ2v) is 6.40. The quantitative estimate of drug-likeness (QED) is 0.504. The molecule has 0 aliphatic carbocycles. The lowest BCUT2D eigenvalue weighted by Gasteiger charge is -2.35. The van der Waals surface area contributed by atoms with E-state index in [1.165, 1.54) is 0 Å². The molecule has 124 valence electrons. The lowest BCUT2D eigenvalue weighted by molar-refractivity contribution is -0.147. The van der Waals surface area contributed by atoms with Crippen molar-refractivity contribution in [3.63, 3.8) is 0 Å². The van der Waals surface area contributed by atoms with Crippen molar-refractivity contribution in [2.24, 2.45) is 5.41 Å². The fourth-order valence-corrected chi connectivity index (χ4v) is 2.54. The highest BCUT2D eigenvalue weighted by Crippen LogP contribution is 2.30. The van der Waals surface area contributed by atoms with Crippen LogP contribution in [0, 0.1) is 5.41 Å². The van der Waals surface area contributed by atoms with Gasteiger partial charge in [-0.25, -0.2) is 0 Å². The van der Waals surface area contributed by atoms with Crippen molar-refractivity contribution in [2.75, 3.05) is 41.0 Å². The maximum absolute atomic E-state index is 12.7. The molecule has 0 radical (unpaired) electrons. The molecule has 0 aromatic carbocycles. The first kappa shape index (κ1) is 18.4. The molecular weight excluding hydrogens is 274 g/mol. The summed E-state index contributed by atoms with van der Waals surface area (Å²) in [6, 6.07) is 0.172. The lowest BCUT2D eigenvalue weighted by Crippen LogP contribution is -2.49. The number of rotatable bonds is 8. The van der Waals surface area contributed by atoms with Crippen molar-refractivity contribution < 1.29 is 23.7 Å². The molecule has 6 heteroatoms. The highest BCUT2D eigenvalue weighted by Gasteiger charge is 2.41. The number of amides is 1. The van der Waals surface area contributed by atoms with Crippen molar-refractivity contribution >= 4 is 5.91 Å². The summed E-state index contributed by atoms with van der Waals surface area (Å²) >= 11 is 0. The Bertz CT molecular complexity index is 298. The van der Waals surface area contributed by atoms with E-state index in [9.17, 15) is 4.79 Å². The highest BCUT2D eigenvalue weighted by molar-refractivity contribution is 5.82. The Hall–Kier alpha value is -0.690. The van der Waals surface area contributed by atoms with Crippen LogP contribution in [0.4, 0.5) is 0 Å². The smallest absolute Gasteiger partial charge is 0.228 e. The van der Waals surface area contributed by atoms with E-state index in [4.69, 9.17) is 18.9 Å². The number of methoxy groups -OCH3 is 2. The fraction of sp³-hybridized carbons (Fsp3) is 0.933. The number of likely N-dealkylation sites (tertiary alicyclic amines) is 1. The first-order valence-electron chi connectivity index (χ1n) is 7.38. The number of hydrogen-bond donors (Lipinski definition) is 0. The maximum atomic E-state index is 12.7. The summed E-state index contributed by atoms with van der Waals surface area (Å²) in [4.78, 5) is 14.6. The van der Waals surface area contributed by atoms with Gasteiger partial charge in [0.2, 0.25) is 5.91 Å². The Morgan fingerprint density at radius 1 is 1.00 bits per heavy atom. The Morgan fingerprint density at radius 3 is 1.76 bits per heavy atom. The molecule has 1 heterocycles. The van der Waals surface area contributed by atoms with Gasteiger partial charge in [0.05, 0.1) is 25.3 Å². The molecule has 1 rings (SSSR count). The highest BCUT2D eigenvalue weighted by atomic mass is 16.7. The number of carbonyl (C=O) groups excluding carboxylic acids is 1. The van der Waals surface area contributed by atoms with Crippen LogP contribution in [0.5, 0.6) is 0 Å². The number of nitrogens with zero attached hydrogens (tertiary/aromatic N) is 1. The predicted molar refractivity (Wildman–Crippen MR) is 78.8 cm³/mol. The van der Waals surface area contributed by atoms with Gasteiger partial charge in [-0.1, -0.05) is 20.8 Å². The van der Waals surface area contributed by atoms with Gasteiger partial charge >= 0.3 is 0 Å². The Balaban J connectivity index is 2.68. The standard InChI is InChI=1S/C15H29NO5/c1-15(2,3)14(17)16-12(8-20-10-18-4)6-7-13(16)9-21-11-19-5/h12-13H,6-11H2,1-5H3/t12-,13?/m0/s1. The minimum Gasteiger partial charge on any atom is -0.359 e. The molecule has 21 heavy (non-hydrogen) atoms. The van der Waals surface area contributed by atoms with Crippen LogP contribution < -0.4 is 0 Å². The van der Waals surface area contributed by atoms with Crippen molar-refractivity contribution in [1.29, 1.82) is 0 Å². The van der Waals surface area contributed by atoms with E-state index in [1.807, 2.05) is 25.7 Å². The van der Waals surface area contributed by atoms with Crippen LogP contribution in [0.25, 0.3) is 0 Å². The van der Waals surface area contributed by atoms with Crippen molar-refractivity contribution in [1.82, 2.24) is 4.90 Å². The average Bonchev–Trinajstić information content (AvgIpc) is 2.80. The van der Waals surface area contributed by atoms with Gasteiger partial charge in [-0.2, -0.15) is 0 Å². The normalized spacial score (nSPS) is 22.8. The van der Waals surface area contributed by atoms with Crippen LogP contribution in [0.3, 0.4) is 0 Å². The van der Waals surface area contributed by atoms with Crippen LogP contribution in [-0.2, 0) is 23.7 Å². The first-order chi connectivity index (χ1) is 9.91. The molecular formula is C15H29NO5. The predicted octanol–water partition coefficient (Wildman–Crippen LogP) is 1.63. The van der Waals surface area contributed by atoms with Gasteiger partial charge in [-0.05, 0) is 12.8 Å². The molecule has 0 aromatic rings. The lowest BCUT2D eigenvalue weighted by atomic mass is 9.94. The Labute approximate surface area is 127 Å². The zero-order chi connectivity index (χ0) is 15.9. The molecule has 1 fully saturated rings. The fourth-order valence-electron chi connectivity index (χ4n) is 2.54. The van der Waals surface area contributed by atoms with E-state index >= 15 is 0 Å². The van der Waals surface area contributed by atoms with Gasteiger partial charge in [0.1, 0.15) is 13.6 Å². The summed E-state index contributed by atoms with van der Waals surface area (Å²) in [5.41, 5.74) is -0.413. The van der Waals surface area contributed by atoms with E-state index in [0.29, 0.717) is 13.2 Å². The number of hydrogen-bond acceptors (Lipinski definition) is 5. The molecule has 1 unspecified atom stereocenters. The second kappa shape index (κ2) is 8.68. The number of ether oxygens (including phenoxy) is 4. The minimum atomic E-state index is -0.413. The van der Waals surface area contributed by atoms with Crippen LogP contribution in [0.2, 0.25) is 0 Å². The largest absolute Gasteiger partial charge is 0.359 e. The molecule has 1 amide bonds. The van der Waals surface area contributed by atoms with Crippen LogP contribution >= 0.6 is 0 Å². The van der Waals surface area contributed by atoms with E-state index < -0.39 is 5.41 Å². The maximum Gasteiger partial charge on any atom is 0.228 e. The molecule has 1 saturated heterocycles.